The summed E-state index contributed by atoms with van der Waals surface area (Å²) in [5.41, 5.74) is -0.878. The molecule has 4 nitrogen and oxygen atoms in total. The third-order valence-corrected chi connectivity index (χ3v) is 3.88. The number of halogens is 4. The lowest BCUT2D eigenvalue weighted by molar-refractivity contribution is -0.140. The van der Waals surface area contributed by atoms with Gasteiger partial charge in [0.25, 0.3) is 5.91 Å². The van der Waals surface area contributed by atoms with Crippen LogP contribution < -0.4 is 15.4 Å². The second kappa shape index (κ2) is 9.13. The summed E-state index contributed by atoms with van der Waals surface area (Å²) in [4.78, 5) is 11.9. The molecule has 1 heterocycles. The minimum absolute atomic E-state index is 0. The first-order valence-corrected chi connectivity index (χ1v) is 7.69. The van der Waals surface area contributed by atoms with E-state index in [0.29, 0.717) is 12.5 Å². The van der Waals surface area contributed by atoms with Crippen molar-refractivity contribution < 1.29 is 22.7 Å². The van der Waals surface area contributed by atoms with Gasteiger partial charge >= 0.3 is 6.18 Å². The molecule has 0 spiro atoms. The van der Waals surface area contributed by atoms with Crippen LogP contribution >= 0.6 is 12.4 Å². The SMILES string of the molecule is CC(Oc1ccccc1C(F)(F)F)C(=O)NCCC1CCNC1.Cl. The van der Waals surface area contributed by atoms with E-state index in [9.17, 15) is 18.0 Å². The molecule has 1 saturated heterocycles. The van der Waals surface area contributed by atoms with E-state index in [1.165, 1.54) is 25.1 Å². The third-order valence-electron chi connectivity index (χ3n) is 3.88. The van der Waals surface area contributed by atoms with Gasteiger partial charge in [-0.3, -0.25) is 4.79 Å². The number of nitrogens with one attached hydrogen (secondary N) is 2. The summed E-state index contributed by atoms with van der Waals surface area (Å²) in [6, 6.07) is 4.89. The molecule has 1 aromatic carbocycles. The zero-order valence-corrected chi connectivity index (χ0v) is 14.2. The van der Waals surface area contributed by atoms with E-state index in [1.807, 2.05) is 0 Å². The monoisotopic (exact) mass is 366 g/mol. The summed E-state index contributed by atoms with van der Waals surface area (Å²) in [5, 5.41) is 5.96. The molecule has 1 aromatic rings. The summed E-state index contributed by atoms with van der Waals surface area (Å²) in [7, 11) is 0. The predicted molar refractivity (Wildman–Crippen MR) is 87.4 cm³/mol. The number of carbonyl (C=O) groups is 1. The molecule has 1 aliphatic heterocycles. The van der Waals surface area contributed by atoms with Crippen molar-refractivity contribution in [3.8, 4) is 5.75 Å². The van der Waals surface area contributed by atoms with E-state index < -0.39 is 23.8 Å². The Bertz CT molecular complexity index is 534. The van der Waals surface area contributed by atoms with Crippen LogP contribution in [0.15, 0.2) is 24.3 Å². The molecule has 2 rings (SSSR count). The molecule has 1 amide bonds. The van der Waals surface area contributed by atoms with Crippen molar-refractivity contribution in [1.29, 1.82) is 0 Å². The minimum Gasteiger partial charge on any atom is -0.480 e. The smallest absolute Gasteiger partial charge is 0.419 e. The number of rotatable bonds is 6. The van der Waals surface area contributed by atoms with Crippen LogP contribution in [0.2, 0.25) is 0 Å². The van der Waals surface area contributed by atoms with E-state index in [1.54, 1.807) is 0 Å². The Hall–Kier alpha value is -1.47. The maximum atomic E-state index is 12.9. The Balaban J connectivity index is 0.00000288. The first-order chi connectivity index (χ1) is 10.9. The quantitative estimate of drug-likeness (QED) is 0.813. The molecular weight excluding hydrogens is 345 g/mol. The highest BCUT2D eigenvalue weighted by molar-refractivity contribution is 5.85. The normalized spacial score (nSPS) is 18.6. The molecule has 136 valence electrons. The summed E-state index contributed by atoms with van der Waals surface area (Å²) < 4.78 is 43.9. The Labute approximate surface area is 145 Å². The molecule has 8 heteroatoms. The number of alkyl halides is 3. The summed E-state index contributed by atoms with van der Waals surface area (Å²) in [6.07, 6.45) is -3.56. The van der Waals surface area contributed by atoms with Crippen LogP contribution in [0.4, 0.5) is 13.2 Å². The lowest BCUT2D eigenvalue weighted by Gasteiger charge is -2.18. The molecule has 0 aliphatic carbocycles. The molecule has 2 unspecified atom stereocenters. The number of hydrogen-bond acceptors (Lipinski definition) is 3. The van der Waals surface area contributed by atoms with Gasteiger partial charge in [0, 0.05) is 6.54 Å². The van der Waals surface area contributed by atoms with E-state index >= 15 is 0 Å². The number of para-hydroxylation sites is 1. The summed E-state index contributed by atoms with van der Waals surface area (Å²) in [5.74, 6) is -0.201. The van der Waals surface area contributed by atoms with Crippen molar-refractivity contribution in [3.05, 3.63) is 29.8 Å². The van der Waals surface area contributed by atoms with Crippen molar-refractivity contribution in [2.75, 3.05) is 19.6 Å². The highest BCUT2D eigenvalue weighted by atomic mass is 35.5. The van der Waals surface area contributed by atoms with Gasteiger partial charge in [0.2, 0.25) is 0 Å². The maximum Gasteiger partial charge on any atom is 0.419 e. The van der Waals surface area contributed by atoms with Gasteiger partial charge in [0.1, 0.15) is 5.75 Å². The van der Waals surface area contributed by atoms with Gasteiger partial charge < -0.3 is 15.4 Å². The van der Waals surface area contributed by atoms with Gasteiger partial charge in [-0.15, -0.1) is 12.4 Å². The van der Waals surface area contributed by atoms with E-state index in [-0.39, 0.29) is 18.2 Å². The minimum atomic E-state index is -4.51. The van der Waals surface area contributed by atoms with Gasteiger partial charge in [-0.1, -0.05) is 12.1 Å². The first kappa shape index (κ1) is 20.6. The Morgan fingerprint density at radius 2 is 2.12 bits per heavy atom. The average Bonchev–Trinajstić information content (AvgIpc) is 3.00. The van der Waals surface area contributed by atoms with Crippen LogP contribution in [0, 0.1) is 5.92 Å². The zero-order chi connectivity index (χ0) is 16.9. The number of ether oxygens (including phenoxy) is 1. The van der Waals surface area contributed by atoms with Crippen molar-refractivity contribution in [2.24, 2.45) is 5.92 Å². The second-order valence-electron chi connectivity index (χ2n) is 5.69. The van der Waals surface area contributed by atoms with Crippen LogP contribution in [0.1, 0.15) is 25.3 Å². The van der Waals surface area contributed by atoms with E-state index in [0.717, 1.165) is 32.0 Å². The standard InChI is InChI=1S/C16H21F3N2O2.ClH/c1-11(15(22)21-9-7-12-6-8-20-10-12)23-14-5-3-2-4-13(14)16(17,18)19;/h2-5,11-12,20H,6-10H2,1H3,(H,21,22);1H. The molecule has 1 fully saturated rings. The van der Waals surface area contributed by atoms with Gasteiger partial charge in [-0.25, -0.2) is 0 Å². The van der Waals surface area contributed by atoms with Gasteiger partial charge in [-0.2, -0.15) is 13.2 Å². The fourth-order valence-corrected chi connectivity index (χ4v) is 2.55. The fourth-order valence-electron chi connectivity index (χ4n) is 2.55. The lowest BCUT2D eigenvalue weighted by atomic mass is 10.1. The van der Waals surface area contributed by atoms with Gasteiger partial charge in [-0.05, 0) is 50.9 Å². The maximum absolute atomic E-state index is 12.9. The number of benzene rings is 1. The third kappa shape index (κ3) is 5.87. The molecule has 0 saturated carbocycles. The molecule has 0 bridgehead atoms. The lowest BCUT2D eigenvalue weighted by Crippen LogP contribution is -2.37. The molecule has 24 heavy (non-hydrogen) atoms. The Morgan fingerprint density at radius 3 is 2.75 bits per heavy atom. The van der Waals surface area contributed by atoms with E-state index in [2.05, 4.69) is 10.6 Å². The largest absolute Gasteiger partial charge is 0.480 e. The van der Waals surface area contributed by atoms with Gasteiger partial charge in [0.05, 0.1) is 5.56 Å². The number of amides is 1. The highest BCUT2D eigenvalue weighted by Crippen LogP contribution is 2.36. The van der Waals surface area contributed by atoms with Crippen LogP contribution in [-0.4, -0.2) is 31.6 Å². The predicted octanol–water partition coefficient (Wildman–Crippen LogP) is 3.01. The van der Waals surface area contributed by atoms with Crippen LogP contribution in [0.5, 0.6) is 5.75 Å². The number of carbonyl (C=O) groups excluding carboxylic acids is 1. The topological polar surface area (TPSA) is 50.4 Å². The second-order valence-corrected chi connectivity index (χ2v) is 5.69. The zero-order valence-electron chi connectivity index (χ0n) is 13.4. The van der Waals surface area contributed by atoms with Crippen LogP contribution in [-0.2, 0) is 11.0 Å². The molecule has 1 aliphatic rings. The fraction of sp³-hybridized carbons (Fsp3) is 0.562. The van der Waals surface area contributed by atoms with Gasteiger partial charge in [0.15, 0.2) is 6.10 Å². The van der Waals surface area contributed by atoms with E-state index in [4.69, 9.17) is 4.74 Å². The molecule has 2 atom stereocenters. The molecular formula is C16H22ClF3N2O2. The number of hydrogen-bond donors (Lipinski definition) is 2. The Kier molecular flexibility index (Phi) is 7.83. The Morgan fingerprint density at radius 1 is 1.42 bits per heavy atom. The van der Waals surface area contributed by atoms with Crippen molar-refractivity contribution in [3.63, 3.8) is 0 Å². The van der Waals surface area contributed by atoms with Crippen LogP contribution in [0.25, 0.3) is 0 Å². The molecule has 0 aromatic heterocycles. The van der Waals surface area contributed by atoms with Crippen molar-refractivity contribution in [2.45, 2.75) is 32.0 Å². The summed E-state index contributed by atoms with van der Waals surface area (Å²) >= 11 is 0. The highest BCUT2D eigenvalue weighted by Gasteiger charge is 2.34. The summed E-state index contributed by atoms with van der Waals surface area (Å²) in [6.45, 7) is 3.88. The molecule has 0 radical (unpaired) electrons. The molecule has 2 N–H and O–H groups in total. The first-order valence-electron chi connectivity index (χ1n) is 7.69. The average molecular weight is 367 g/mol. The van der Waals surface area contributed by atoms with Crippen molar-refractivity contribution >= 4 is 18.3 Å². The van der Waals surface area contributed by atoms with Crippen LogP contribution in [0.3, 0.4) is 0 Å². The van der Waals surface area contributed by atoms with Crippen molar-refractivity contribution in [1.82, 2.24) is 10.6 Å².